The fourth-order valence-electron chi connectivity index (χ4n) is 4.78. The fraction of sp³-hybridized carbons (Fsp3) is 0.480. The number of anilines is 1. The first-order chi connectivity index (χ1) is 15.7. The van der Waals surface area contributed by atoms with Crippen LogP contribution in [0, 0.1) is 5.92 Å². The number of guanidine groups is 1. The van der Waals surface area contributed by atoms with Crippen LogP contribution in [-0.2, 0) is 11.3 Å². The number of primary amides is 1. The molecule has 2 fully saturated rings. The normalized spacial score (nSPS) is 20.9. The smallest absolute Gasteiger partial charge is 0.222 e. The Morgan fingerprint density at radius 2 is 1.97 bits per heavy atom. The Balaban J connectivity index is 0.00000306. The summed E-state index contributed by atoms with van der Waals surface area (Å²) in [4.78, 5) is 25.9. The maximum atomic E-state index is 11.7. The van der Waals surface area contributed by atoms with E-state index in [2.05, 4.69) is 63.4 Å². The first-order valence-corrected chi connectivity index (χ1v) is 11.7. The highest BCUT2D eigenvalue weighted by Crippen LogP contribution is 2.28. The van der Waals surface area contributed by atoms with Gasteiger partial charge < -0.3 is 20.9 Å². The first kappa shape index (κ1) is 25.3. The van der Waals surface area contributed by atoms with Crippen LogP contribution in [0.15, 0.2) is 53.7 Å². The SMILES string of the molecule is CCNC(=NCc1cccnc1N1CCCC(C(N)=O)C1)N1CCC(c2ccccc2)C1.I. The maximum Gasteiger partial charge on any atom is 0.222 e. The second-order valence-electron chi connectivity index (χ2n) is 8.69. The lowest BCUT2D eigenvalue weighted by molar-refractivity contribution is -0.122. The summed E-state index contributed by atoms with van der Waals surface area (Å²) in [6.45, 7) is 6.98. The monoisotopic (exact) mass is 562 g/mol. The van der Waals surface area contributed by atoms with E-state index in [0.717, 1.165) is 62.8 Å². The molecule has 2 aliphatic rings. The Morgan fingerprint density at radius 3 is 2.73 bits per heavy atom. The van der Waals surface area contributed by atoms with Crippen molar-refractivity contribution in [2.75, 3.05) is 37.6 Å². The minimum absolute atomic E-state index is 0. The van der Waals surface area contributed by atoms with Gasteiger partial charge in [-0.1, -0.05) is 36.4 Å². The van der Waals surface area contributed by atoms with Crippen LogP contribution in [0.1, 0.15) is 43.2 Å². The number of rotatable bonds is 6. The lowest BCUT2D eigenvalue weighted by Gasteiger charge is -2.33. The molecule has 7 nitrogen and oxygen atoms in total. The number of aromatic nitrogens is 1. The molecular weight excluding hydrogens is 527 g/mol. The third-order valence-electron chi connectivity index (χ3n) is 6.48. The van der Waals surface area contributed by atoms with E-state index in [1.54, 1.807) is 0 Å². The summed E-state index contributed by atoms with van der Waals surface area (Å²) < 4.78 is 0. The van der Waals surface area contributed by atoms with Gasteiger partial charge in [0.1, 0.15) is 5.82 Å². The van der Waals surface area contributed by atoms with Crippen molar-refractivity contribution in [2.45, 2.75) is 38.6 Å². The Morgan fingerprint density at radius 1 is 1.15 bits per heavy atom. The molecule has 3 heterocycles. The number of aliphatic imine (C=N–C) groups is 1. The molecular formula is C25H35IN6O. The van der Waals surface area contributed by atoms with Crippen LogP contribution >= 0.6 is 24.0 Å². The summed E-state index contributed by atoms with van der Waals surface area (Å²) in [6, 6.07) is 14.8. The number of piperidine rings is 1. The number of nitrogens with one attached hydrogen (secondary N) is 1. The van der Waals surface area contributed by atoms with Gasteiger partial charge in [-0.15, -0.1) is 24.0 Å². The highest BCUT2D eigenvalue weighted by atomic mass is 127. The Bertz CT molecular complexity index is 938. The van der Waals surface area contributed by atoms with Crippen molar-refractivity contribution >= 4 is 41.7 Å². The second kappa shape index (κ2) is 12.2. The first-order valence-electron chi connectivity index (χ1n) is 11.7. The number of amides is 1. The van der Waals surface area contributed by atoms with Crippen molar-refractivity contribution in [1.29, 1.82) is 0 Å². The zero-order valence-electron chi connectivity index (χ0n) is 19.3. The molecule has 4 rings (SSSR count). The van der Waals surface area contributed by atoms with Crippen molar-refractivity contribution in [1.82, 2.24) is 15.2 Å². The summed E-state index contributed by atoms with van der Waals surface area (Å²) in [6.07, 6.45) is 4.75. The summed E-state index contributed by atoms with van der Waals surface area (Å²) in [5.41, 5.74) is 8.05. The van der Waals surface area contributed by atoms with Crippen molar-refractivity contribution in [3.8, 4) is 0 Å². The van der Waals surface area contributed by atoms with Crippen LogP contribution in [0.5, 0.6) is 0 Å². The van der Waals surface area contributed by atoms with Crippen LogP contribution in [-0.4, -0.2) is 54.5 Å². The number of pyridine rings is 1. The average molecular weight is 563 g/mol. The van der Waals surface area contributed by atoms with E-state index in [0.29, 0.717) is 19.0 Å². The predicted octanol–water partition coefficient (Wildman–Crippen LogP) is 3.36. The number of hydrogen-bond acceptors (Lipinski definition) is 4. The van der Waals surface area contributed by atoms with Gasteiger partial charge in [0.25, 0.3) is 0 Å². The van der Waals surface area contributed by atoms with E-state index >= 15 is 0 Å². The number of carbonyl (C=O) groups is 1. The standard InChI is InChI=1S/C25H34N6O.HI/c1-2-27-25(31-15-12-21(17-31)19-8-4-3-5-9-19)29-16-20-10-6-13-28-24(20)30-14-7-11-22(18-30)23(26)32;/h3-6,8-10,13,21-22H,2,7,11-12,14-18H2,1H3,(H2,26,32)(H,27,29);1H. The van der Waals surface area contributed by atoms with Gasteiger partial charge >= 0.3 is 0 Å². The van der Waals surface area contributed by atoms with E-state index in [1.807, 2.05) is 12.3 Å². The zero-order valence-corrected chi connectivity index (χ0v) is 21.7. The lowest BCUT2D eigenvalue weighted by atomic mass is 9.97. The van der Waals surface area contributed by atoms with Gasteiger partial charge in [-0.2, -0.15) is 0 Å². The van der Waals surface area contributed by atoms with Crippen LogP contribution in [0.2, 0.25) is 0 Å². The van der Waals surface area contributed by atoms with Gasteiger partial charge in [0, 0.05) is 50.4 Å². The minimum Gasteiger partial charge on any atom is -0.369 e. The minimum atomic E-state index is -0.221. The van der Waals surface area contributed by atoms with Crippen LogP contribution in [0.4, 0.5) is 5.82 Å². The Hall–Kier alpha value is -2.36. The molecule has 1 aromatic heterocycles. The predicted molar refractivity (Wildman–Crippen MR) is 144 cm³/mol. The van der Waals surface area contributed by atoms with E-state index in [-0.39, 0.29) is 35.8 Å². The maximum absolute atomic E-state index is 11.7. The molecule has 2 unspecified atom stereocenters. The Kier molecular flexibility index (Phi) is 9.34. The van der Waals surface area contributed by atoms with Crippen molar-refractivity contribution in [2.24, 2.45) is 16.6 Å². The van der Waals surface area contributed by atoms with Gasteiger partial charge in [0.05, 0.1) is 12.5 Å². The number of carbonyl (C=O) groups excluding carboxylic acids is 1. The number of hydrogen-bond donors (Lipinski definition) is 2. The molecule has 2 aromatic rings. The highest BCUT2D eigenvalue weighted by Gasteiger charge is 2.27. The van der Waals surface area contributed by atoms with Crippen molar-refractivity contribution < 1.29 is 4.79 Å². The average Bonchev–Trinajstić information content (AvgIpc) is 3.33. The van der Waals surface area contributed by atoms with Crippen LogP contribution in [0.25, 0.3) is 0 Å². The molecule has 178 valence electrons. The van der Waals surface area contributed by atoms with Gasteiger partial charge in [0.2, 0.25) is 5.91 Å². The second-order valence-corrected chi connectivity index (χ2v) is 8.69. The number of benzene rings is 1. The van der Waals surface area contributed by atoms with E-state index in [1.165, 1.54) is 5.56 Å². The number of nitrogens with two attached hydrogens (primary N) is 1. The fourth-order valence-corrected chi connectivity index (χ4v) is 4.78. The summed E-state index contributed by atoms with van der Waals surface area (Å²) in [7, 11) is 0. The lowest BCUT2D eigenvalue weighted by Crippen LogP contribution is -2.42. The molecule has 0 saturated carbocycles. The molecule has 8 heteroatoms. The van der Waals surface area contributed by atoms with Crippen molar-refractivity contribution in [3.63, 3.8) is 0 Å². The molecule has 0 spiro atoms. The number of nitrogens with zero attached hydrogens (tertiary/aromatic N) is 4. The number of likely N-dealkylation sites (tertiary alicyclic amines) is 1. The molecule has 3 N–H and O–H groups in total. The molecule has 33 heavy (non-hydrogen) atoms. The molecule has 2 aliphatic heterocycles. The van der Waals surface area contributed by atoms with E-state index < -0.39 is 0 Å². The molecule has 1 amide bonds. The van der Waals surface area contributed by atoms with E-state index in [9.17, 15) is 4.79 Å². The molecule has 0 radical (unpaired) electrons. The van der Waals surface area contributed by atoms with Gasteiger partial charge in [-0.05, 0) is 37.8 Å². The van der Waals surface area contributed by atoms with Crippen LogP contribution in [0.3, 0.4) is 0 Å². The third kappa shape index (κ3) is 6.37. The molecule has 2 atom stereocenters. The summed E-state index contributed by atoms with van der Waals surface area (Å²) >= 11 is 0. The van der Waals surface area contributed by atoms with Crippen LogP contribution < -0.4 is 16.0 Å². The third-order valence-corrected chi connectivity index (χ3v) is 6.48. The van der Waals surface area contributed by atoms with E-state index in [4.69, 9.17) is 10.7 Å². The molecule has 1 aromatic carbocycles. The van der Waals surface area contributed by atoms with Gasteiger partial charge in [-0.25, -0.2) is 9.98 Å². The largest absolute Gasteiger partial charge is 0.369 e. The van der Waals surface area contributed by atoms with Crippen molar-refractivity contribution in [3.05, 3.63) is 59.8 Å². The molecule has 2 saturated heterocycles. The van der Waals surface area contributed by atoms with Gasteiger partial charge in [0.15, 0.2) is 5.96 Å². The summed E-state index contributed by atoms with van der Waals surface area (Å²) in [5, 5.41) is 3.47. The highest BCUT2D eigenvalue weighted by molar-refractivity contribution is 14.0. The summed E-state index contributed by atoms with van der Waals surface area (Å²) in [5.74, 6) is 2.07. The molecule has 0 aliphatic carbocycles. The molecule has 0 bridgehead atoms. The zero-order chi connectivity index (χ0) is 22.3. The topological polar surface area (TPSA) is 86.9 Å². The quantitative estimate of drug-likeness (QED) is 0.321. The van der Waals surface area contributed by atoms with Gasteiger partial charge in [-0.3, -0.25) is 4.79 Å². The number of halogens is 1. The Labute approximate surface area is 213 Å².